The van der Waals surface area contributed by atoms with Crippen LogP contribution >= 0.6 is 0 Å². The van der Waals surface area contributed by atoms with Gasteiger partial charge < -0.3 is 9.80 Å². The van der Waals surface area contributed by atoms with Crippen molar-refractivity contribution >= 4 is 22.7 Å². The van der Waals surface area contributed by atoms with E-state index in [1.54, 1.807) is 0 Å². The Hall–Kier alpha value is -4.30. The van der Waals surface area contributed by atoms with Crippen LogP contribution in [0.15, 0.2) is 121 Å². The van der Waals surface area contributed by atoms with E-state index in [0.717, 1.165) is 6.67 Å². The highest BCUT2D eigenvalue weighted by atomic mass is 15.4. The molecule has 2 nitrogen and oxygen atoms in total. The Labute approximate surface area is 245 Å². The number of nitrogens with zero attached hydrogens (tertiary/aromatic N) is 2. The molecule has 1 aliphatic rings. The predicted octanol–water partition coefficient (Wildman–Crippen LogP) is 10.9. The van der Waals surface area contributed by atoms with Crippen molar-refractivity contribution in [3.05, 3.63) is 132 Å². The molecule has 5 aromatic carbocycles. The molecule has 0 amide bonds. The fraction of sp³-hybridized carbons (Fsp3) is 0.231. The number of hydrogen-bond acceptors (Lipinski definition) is 2. The van der Waals surface area contributed by atoms with Gasteiger partial charge in [-0.3, -0.25) is 0 Å². The maximum atomic E-state index is 2.50. The largest absolute Gasteiger partial charge is 0.321 e. The van der Waals surface area contributed by atoms with Crippen LogP contribution in [0.3, 0.4) is 0 Å². The zero-order valence-corrected chi connectivity index (χ0v) is 25.1. The molecule has 5 aromatic rings. The van der Waals surface area contributed by atoms with Crippen LogP contribution in [0.2, 0.25) is 0 Å². The lowest BCUT2D eigenvalue weighted by atomic mass is 9.85. The van der Waals surface area contributed by atoms with E-state index in [1.165, 1.54) is 56.1 Å². The summed E-state index contributed by atoms with van der Waals surface area (Å²) < 4.78 is 0. The summed E-state index contributed by atoms with van der Waals surface area (Å²) in [6.07, 6.45) is 0. The third-order valence-electron chi connectivity index (χ3n) is 8.24. The molecule has 206 valence electrons. The van der Waals surface area contributed by atoms with Gasteiger partial charge in [-0.25, -0.2) is 0 Å². The topological polar surface area (TPSA) is 6.48 Å². The van der Waals surface area contributed by atoms with Crippen LogP contribution in [0.4, 0.5) is 22.7 Å². The highest BCUT2D eigenvalue weighted by molar-refractivity contribution is 5.98. The minimum absolute atomic E-state index is 0.113. The van der Waals surface area contributed by atoms with Gasteiger partial charge in [-0.05, 0) is 57.3 Å². The standard InChI is InChI=1S/C39H40N2/c1-38(2,3)30-23-19-28(20-24-30)33-15-12-16-34(29-21-25-31(26-22-29)39(4,5)6)37(33)41-27-40(32-13-8-7-9-14-32)35-17-10-11-18-36(35)41/h7-26H,27H2,1-6H3. The monoisotopic (exact) mass is 536 g/mol. The minimum atomic E-state index is 0.113. The zero-order valence-electron chi connectivity index (χ0n) is 25.1. The Morgan fingerprint density at radius 1 is 0.439 bits per heavy atom. The van der Waals surface area contributed by atoms with Gasteiger partial charge in [0.1, 0.15) is 6.67 Å². The van der Waals surface area contributed by atoms with Gasteiger partial charge in [-0.2, -0.15) is 0 Å². The summed E-state index contributed by atoms with van der Waals surface area (Å²) in [5, 5.41) is 0. The Morgan fingerprint density at radius 3 is 1.34 bits per heavy atom. The average molecular weight is 537 g/mol. The van der Waals surface area contributed by atoms with Gasteiger partial charge in [-0.1, -0.05) is 139 Å². The smallest absolute Gasteiger partial charge is 0.100 e. The van der Waals surface area contributed by atoms with Crippen molar-refractivity contribution in [3.8, 4) is 22.3 Å². The lowest BCUT2D eigenvalue weighted by molar-refractivity contribution is 0.590. The summed E-state index contributed by atoms with van der Waals surface area (Å²) in [4.78, 5) is 4.92. The molecule has 0 spiro atoms. The Balaban J connectivity index is 1.55. The van der Waals surface area contributed by atoms with Crippen LogP contribution in [0.25, 0.3) is 22.3 Å². The second-order valence-electron chi connectivity index (χ2n) is 13.2. The van der Waals surface area contributed by atoms with E-state index in [9.17, 15) is 0 Å². The van der Waals surface area contributed by atoms with Crippen molar-refractivity contribution in [2.24, 2.45) is 0 Å². The average Bonchev–Trinajstić information content (AvgIpc) is 3.36. The number of hydrogen-bond donors (Lipinski definition) is 0. The molecule has 41 heavy (non-hydrogen) atoms. The quantitative estimate of drug-likeness (QED) is 0.225. The third-order valence-corrected chi connectivity index (χ3v) is 8.24. The van der Waals surface area contributed by atoms with Crippen molar-refractivity contribution in [3.63, 3.8) is 0 Å². The van der Waals surface area contributed by atoms with Crippen molar-refractivity contribution in [2.75, 3.05) is 16.5 Å². The second kappa shape index (κ2) is 10.3. The maximum absolute atomic E-state index is 2.50. The van der Waals surface area contributed by atoms with E-state index in [-0.39, 0.29) is 10.8 Å². The highest BCUT2D eigenvalue weighted by Crippen LogP contribution is 2.50. The molecule has 6 rings (SSSR count). The van der Waals surface area contributed by atoms with E-state index < -0.39 is 0 Å². The molecule has 0 aliphatic carbocycles. The van der Waals surface area contributed by atoms with Crippen molar-refractivity contribution in [1.82, 2.24) is 0 Å². The van der Waals surface area contributed by atoms with E-state index in [2.05, 4.69) is 173 Å². The Bertz CT molecular complexity index is 1580. The lowest BCUT2D eigenvalue weighted by Gasteiger charge is -2.28. The summed E-state index contributed by atoms with van der Waals surface area (Å²) in [6, 6.07) is 44.6. The Kier molecular flexibility index (Phi) is 6.74. The minimum Gasteiger partial charge on any atom is -0.321 e. The van der Waals surface area contributed by atoms with Crippen LogP contribution in [-0.2, 0) is 10.8 Å². The first-order valence-corrected chi connectivity index (χ1v) is 14.7. The van der Waals surface area contributed by atoms with Crippen molar-refractivity contribution < 1.29 is 0 Å². The number of fused-ring (bicyclic) bond motifs is 1. The van der Waals surface area contributed by atoms with Gasteiger partial charge in [0.15, 0.2) is 0 Å². The van der Waals surface area contributed by atoms with Gasteiger partial charge in [-0.15, -0.1) is 0 Å². The van der Waals surface area contributed by atoms with Crippen LogP contribution in [0.1, 0.15) is 52.7 Å². The molecule has 0 fully saturated rings. The summed E-state index contributed by atoms with van der Waals surface area (Å²) in [5.41, 5.74) is 12.8. The molecule has 0 bridgehead atoms. The van der Waals surface area contributed by atoms with Crippen molar-refractivity contribution in [2.45, 2.75) is 52.4 Å². The van der Waals surface area contributed by atoms with Gasteiger partial charge >= 0.3 is 0 Å². The maximum Gasteiger partial charge on any atom is 0.100 e. The molecule has 0 unspecified atom stereocenters. The van der Waals surface area contributed by atoms with E-state index in [0.29, 0.717) is 0 Å². The SMILES string of the molecule is CC(C)(C)c1ccc(-c2cccc(-c3ccc(C(C)(C)C)cc3)c2N2CN(c3ccccc3)c3ccccc32)cc1. The first-order valence-electron chi connectivity index (χ1n) is 14.7. The van der Waals surface area contributed by atoms with E-state index in [4.69, 9.17) is 0 Å². The summed E-state index contributed by atoms with van der Waals surface area (Å²) >= 11 is 0. The van der Waals surface area contributed by atoms with E-state index >= 15 is 0 Å². The third kappa shape index (κ3) is 5.15. The zero-order chi connectivity index (χ0) is 28.8. The Morgan fingerprint density at radius 2 is 0.878 bits per heavy atom. The molecule has 0 radical (unpaired) electrons. The molecule has 0 atom stereocenters. The fourth-order valence-electron chi connectivity index (χ4n) is 5.83. The number of benzene rings is 5. The summed E-state index contributed by atoms with van der Waals surface area (Å²) in [6.45, 7) is 14.4. The molecule has 1 heterocycles. The fourth-order valence-corrected chi connectivity index (χ4v) is 5.83. The first kappa shape index (κ1) is 26.9. The molecule has 2 heteroatoms. The molecule has 0 saturated heterocycles. The normalized spacial score (nSPS) is 13.4. The van der Waals surface area contributed by atoms with Gasteiger partial charge in [0, 0.05) is 16.8 Å². The van der Waals surface area contributed by atoms with Gasteiger partial charge in [0.05, 0.1) is 17.1 Å². The molecule has 1 aliphatic heterocycles. The molecular formula is C39H40N2. The number of anilines is 4. The summed E-state index contributed by atoms with van der Waals surface area (Å²) in [5.74, 6) is 0. The molecule has 0 N–H and O–H groups in total. The molecule has 0 aromatic heterocycles. The van der Waals surface area contributed by atoms with Crippen molar-refractivity contribution in [1.29, 1.82) is 0 Å². The van der Waals surface area contributed by atoms with Crippen LogP contribution in [0.5, 0.6) is 0 Å². The van der Waals surface area contributed by atoms with Crippen LogP contribution in [0, 0.1) is 0 Å². The molecular weight excluding hydrogens is 496 g/mol. The highest BCUT2D eigenvalue weighted by Gasteiger charge is 2.31. The molecule has 0 saturated carbocycles. The number of para-hydroxylation sites is 4. The second-order valence-corrected chi connectivity index (χ2v) is 13.2. The van der Waals surface area contributed by atoms with E-state index in [1.807, 2.05) is 0 Å². The predicted molar refractivity (Wildman–Crippen MR) is 177 cm³/mol. The van der Waals surface area contributed by atoms with Gasteiger partial charge in [0.25, 0.3) is 0 Å². The van der Waals surface area contributed by atoms with Gasteiger partial charge in [0.2, 0.25) is 0 Å². The lowest BCUT2D eigenvalue weighted by Crippen LogP contribution is -2.24. The first-order chi connectivity index (χ1) is 19.6. The van der Waals surface area contributed by atoms with Crippen LogP contribution in [-0.4, -0.2) is 6.67 Å². The number of rotatable bonds is 4. The van der Waals surface area contributed by atoms with Crippen LogP contribution < -0.4 is 9.80 Å². The summed E-state index contributed by atoms with van der Waals surface area (Å²) in [7, 11) is 0.